The number of hydrogen-bond donors (Lipinski definition) is 4. The quantitative estimate of drug-likeness (QED) is 0.321. The number of H-pyrrole nitrogens is 1. The van der Waals surface area contributed by atoms with Gasteiger partial charge in [0.25, 0.3) is 0 Å². The summed E-state index contributed by atoms with van der Waals surface area (Å²) in [4.78, 5) is 9.64. The molecule has 0 aliphatic carbocycles. The molecule has 0 spiro atoms. The first-order chi connectivity index (χ1) is 4.29. The van der Waals surface area contributed by atoms with Gasteiger partial charge in [0.05, 0.1) is 0 Å². The van der Waals surface area contributed by atoms with E-state index in [1.54, 1.807) is 5.43 Å². The van der Waals surface area contributed by atoms with Crippen LogP contribution in [-0.4, -0.2) is 25.7 Å². The average Bonchev–Trinajstić information content (AvgIpc) is 2.15. The summed E-state index contributed by atoms with van der Waals surface area (Å²) in [6, 6.07) is 0. The molecule has 0 unspecified atom stereocenters. The Hall–Kier alpha value is -1.81. The van der Waals surface area contributed by atoms with Crippen molar-refractivity contribution >= 4 is 5.95 Å². The Bertz CT molecular complexity index is 192. The van der Waals surface area contributed by atoms with Crippen molar-refractivity contribution in [3.8, 4) is 0 Å². The van der Waals surface area contributed by atoms with Gasteiger partial charge in [-0.05, 0) is 5.21 Å². The third-order valence-electron chi connectivity index (χ3n) is 0.537. The molecular weight excluding hydrogens is 156 g/mol. The number of nitrogens with one attached hydrogen (secondary N) is 2. The van der Waals surface area contributed by atoms with Crippen molar-refractivity contribution in [1.29, 1.82) is 0 Å². The van der Waals surface area contributed by atoms with Crippen molar-refractivity contribution in [2.24, 2.45) is 0 Å². The lowest BCUT2D eigenvalue weighted by molar-refractivity contribution is -0.446. The van der Waals surface area contributed by atoms with Crippen molar-refractivity contribution in [2.75, 3.05) is 5.43 Å². The molecule has 0 aliphatic rings. The highest BCUT2D eigenvalue weighted by molar-refractivity contribution is 5.12. The van der Waals surface area contributed by atoms with Gasteiger partial charge in [-0.15, -0.1) is 5.10 Å². The molecule has 0 bridgehead atoms. The Labute approximate surface area is 60.6 Å². The van der Waals surface area contributed by atoms with E-state index in [4.69, 9.17) is 0 Å². The van der Waals surface area contributed by atoms with Gasteiger partial charge >= 0.3 is 5.95 Å². The Balaban J connectivity index is 0. The normalized spacial score (nSPS) is 7.27. The van der Waals surface area contributed by atoms with E-state index in [1.807, 2.05) is 0 Å². The van der Waals surface area contributed by atoms with E-state index in [-0.39, 0.29) is 18.2 Å². The van der Waals surface area contributed by atoms with Crippen LogP contribution in [0.2, 0.25) is 0 Å². The minimum atomic E-state index is -0.773. The summed E-state index contributed by atoms with van der Waals surface area (Å²) in [5.41, 5.74) is 1.69. The maximum atomic E-state index is 9.64. The third-order valence-corrected chi connectivity index (χ3v) is 0.537. The van der Waals surface area contributed by atoms with Crippen molar-refractivity contribution < 1.29 is 5.03 Å². The molecule has 10 heteroatoms. The molecule has 1 heterocycles. The number of anilines is 1. The molecule has 0 atom stereocenters. The van der Waals surface area contributed by atoms with Gasteiger partial charge in [-0.25, -0.2) is 10.1 Å². The van der Waals surface area contributed by atoms with Crippen LogP contribution in [0.3, 0.4) is 0 Å². The van der Waals surface area contributed by atoms with Gasteiger partial charge in [-0.1, -0.05) is 10.5 Å². The van der Waals surface area contributed by atoms with Crippen LogP contribution in [0.4, 0.5) is 5.95 Å². The lowest BCUT2D eigenvalue weighted by atomic mass is 11.1. The molecule has 0 amide bonds. The second-order valence-corrected chi connectivity index (χ2v) is 1.10. The van der Waals surface area contributed by atoms with Gasteiger partial charge in [-0.3, -0.25) is 0 Å². The van der Waals surface area contributed by atoms with Crippen LogP contribution >= 0.6 is 0 Å². The predicted octanol–water partition coefficient (Wildman–Crippen LogP) is -0.873. The third kappa shape index (κ3) is 3.72. The standard InChI is InChI=1S/CH2N6O2.2H3N/c8-7(9)4-1-2-5-6-3-1;;/h(H2,2,3,4,5,6);2*1H3. The van der Waals surface area contributed by atoms with E-state index in [2.05, 4.69) is 20.6 Å². The SMILES string of the molecule is N.N.O=[N+]([O-])Nc1nn[nH]n1. The summed E-state index contributed by atoms with van der Waals surface area (Å²) >= 11 is 0. The zero-order valence-electron chi connectivity index (χ0n) is 5.52. The molecule has 8 N–H and O–H groups in total. The molecular formula is CH8N8O2. The Morgan fingerprint density at radius 1 is 1.55 bits per heavy atom. The molecule has 1 aromatic rings. The maximum absolute atomic E-state index is 9.64. The van der Waals surface area contributed by atoms with Crippen LogP contribution in [0.5, 0.6) is 0 Å². The van der Waals surface area contributed by atoms with Crippen LogP contribution in [0.15, 0.2) is 0 Å². The first kappa shape index (κ1) is 11.9. The number of nitrogens with zero attached hydrogens (tertiary/aromatic N) is 4. The predicted molar refractivity (Wildman–Crippen MR) is 34.8 cm³/mol. The summed E-state index contributed by atoms with van der Waals surface area (Å²) in [6.45, 7) is 0. The van der Waals surface area contributed by atoms with E-state index in [1.165, 1.54) is 0 Å². The lowest BCUT2D eigenvalue weighted by Crippen LogP contribution is -2.08. The Morgan fingerprint density at radius 2 is 2.18 bits per heavy atom. The largest absolute Gasteiger partial charge is 0.344 e. The molecule has 1 aromatic heterocycles. The van der Waals surface area contributed by atoms with Gasteiger partial charge in [0, 0.05) is 0 Å². The van der Waals surface area contributed by atoms with E-state index >= 15 is 0 Å². The zero-order valence-corrected chi connectivity index (χ0v) is 5.52. The highest BCUT2D eigenvalue weighted by atomic mass is 16.7. The van der Waals surface area contributed by atoms with E-state index in [9.17, 15) is 10.1 Å². The van der Waals surface area contributed by atoms with E-state index in [0.717, 1.165) is 0 Å². The number of tetrazole rings is 1. The summed E-state index contributed by atoms with van der Waals surface area (Å²) < 4.78 is 0. The number of hydrogen-bond acceptors (Lipinski definition) is 7. The van der Waals surface area contributed by atoms with Gasteiger partial charge < -0.3 is 12.3 Å². The van der Waals surface area contributed by atoms with Gasteiger partial charge in [-0.2, -0.15) is 5.21 Å². The fourth-order valence-corrected chi connectivity index (χ4v) is 0.291. The number of hydrazine groups is 1. The van der Waals surface area contributed by atoms with Gasteiger partial charge in [0.15, 0.2) is 5.03 Å². The van der Waals surface area contributed by atoms with Crippen LogP contribution in [0.25, 0.3) is 0 Å². The Kier molecular flexibility index (Phi) is 5.43. The lowest BCUT2D eigenvalue weighted by Gasteiger charge is -1.83. The molecule has 0 fully saturated rings. The van der Waals surface area contributed by atoms with Crippen LogP contribution < -0.4 is 17.7 Å². The summed E-state index contributed by atoms with van der Waals surface area (Å²) in [7, 11) is 0. The average molecular weight is 164 g/mol. The molecule has 0 saturated carbocycles. The number of nitro groups is 1. The molecule has 0 saturated heterocycles. The topological polar surface area (TPSA) is 180 Å². The van der Waals surface area contributed by atoms with E-state index in [0.29, 0.717) is 0 Å². The van der Waals surface area contributed by atoms with Gasteiger partial charge in [0.2, 0.25) is 0 Å². The maximum Gasteiger partial charge on any atom is 0.323 e. The number of aromatic amines is 1. The summed E-state index contributed by atoms with van der Waals surface area (Å²) in [5.74, 6) is -0.153. The monoisotopic (exact) mass is 164 g/mol. The molecule has 1 rings (SSSR count). The molecule has 64 valence electrons. The minimum Gasteiger partial charge on any atom is -0.344 e. The van der Waals surface area contributed by atoms with E-state index < -0.39 is 5.03 Å². The smallest absolute Gasteiger partial charge is 0.323 e. The van der Waals surface area contributed by atoms with Crippen LogP contribution in [0.1, 0.15) is 0 Å². The number of rotatable bonds is 2. The highest BCUT2D eigenvalue weighted by Gasteiger charge is 2.00. The first-order valence-electron chi connectivity index (χ1n) is 1.93. The van der Waals surface area contributed by atoms with Gasteiger partial charge in [0.1, 0.15) is 0 Å². The van der Waals surface area contributed by atoms with Crippen LogP contribution in [-0.2, 0) is 0 Å². The van der Waals surface area contributed by atoms with Crippen molar-refractivity contribution in [3.63, 3.8) is 0 Å². The summed E-state index contributed by atoms with van der Waals surface area (Å²) in [6.07, 6.45) is 0. The molecule has 10 nitrogen and oxygen atoms in total. The molecule has 11 heavy (non-hydrogen) atoms. The fourth-order valence-electron chi connectivity index (χ4n) is 0.291. The van der Waals surface area contributed by atoms with Crippen molar-refractivity contribution in [2.45, 2.75) is 0 Å². The number of aromatic nitrogens is 4. The van der Waals surface area contributed by atoms with Crippen LogP contribution in [0, 0.1) is 10.1 Å². The second kappa shape index (κ2) is 5.01. The van der Waals surface area contributed by atoms with Crippen molar-refractivity contribution in [1.82, 2.24) is 32.9 Å². The highest BCUT2D eigenvalue weighted by Crippen LogP contribution is 1.86. The minimum absolute atomic E-state index is 0. The Morgan fingerprint density at radius 3 is 2.55 bits per heavy atom. The second-order valence-electron chi connectivity index (χ2n) is 1.10. The first-order valence-corrected chi connectivity index (χ1v) is 1.93. The van der Waals surface area contributed by atoms with Crippen molar-refractivity contribution in [3.05, 3.63) is 10.1 Å². The summed E-state index contributed by atoms with van der Waals surface area (Å²) in [5, 5.41) is 20.5. The molecule has 0 aromatic carbocycles. The fraction of sp³-hybridized carbons (Fsp3) is 0. The zero-order chi connectivity index (χ0) is 6.69. The molecule has 0 aliphatic heterocycles. The molecule has 0 radical (unpaired) electrons.